The Morgan fingerprint density at radius 1 is 1.38 bits per heavy atom. The fourth-order valence-corrected chi connectivity index (χ4v) is 4.61. The predicted octanol–water partition coefficient (Wildman–Crippen LogP) is 3.16. The summed E-state index contributed by atoms with van der Waals surface area (Å²) in [5, 5.41) is 20.9. The Bertz CT molecular complexity index is 1100. The zero-order chi connectivity index (χ0) is 22.7. The zero-order valence-electron chi connectivity index (χ0n) is 17.5. The van der Waals surface area contributed by atoms with Crippen LogP contribution in [-0.2, 0) is 0 Å². The van der Waals surface area contributed by atoms with Gasteiger partial charge in [0.1, 0.15) is 6.07 Å². The third-order valence-electron chi connectivity index (χ3n) is 5.77. The van der Waals surface area contributed by atoms with Gasteiger partial charge in [0.25, 0.3) is 5.91 Å². The van der Waals surface area contributed by atoms with Gasteiger partial charge in [-0.15, -0.1) is 0 Å². The van der Waals surface area contributed by atoms with Crippen LogP contribution in [0.5, 0.6) is 5.75 Å². The predicted molar refractivity (Wildman–Crippen MR) is 123 cm³/mol. The van der Waals surface area contributed by atoms with Crippen LogP contribution in [0.3, 0.4) is 0 Å². The van der Waals surface area contributed by atoms with E-state index < -0.39 is 0 Å². The second-order valence-electron chi connectivity index (χ2n) is 7.58. The van der Waals surface area contributed by atoms with Crippen LogP contribution in [0.4, 0.5) is 11.5 Å². The van der Waals surface area contributed by atoms with Gasteiger partial charge in [0, 0.05) is 42.6 Å². The van der Waals surface area contributed by atoms with E-state index >= 15 is 0 Å². The number of nitrogens with zero attached hydrogens (tertiary/aromatic N) is 5. The number of anilines is 2. The molecule has 0 radical (unpaired) electrons. The van der Waals surface area contributed by atoms with E-state index in [1.165, 1.54) is 6.21 Å². The molecule has 164 valence electrons. The van der Waals surface area contributed by atoms with Crippen molar-refractivity contribution in [3.05, 3.63) is 46.6 Å². The van der Waals surface area contributed by atoms with E-state index in [0.717, 1.165) is 19.1 Å². The molecule has 4 rings (SSSR count). The number of rotatable bonds is 6. The number of pyridine rings is 1. The first-order valence-electron chi connectivity index (χ1n) is 10.2. The average molecular weight is 452 g/mol. The number of halogens is 1. The van der Waals surface area contributed by atoms with Crippen molar-refractivity contribution in [2.75, 3.05) is 30.5 Å². The van der Waals surface area contributed by atoms with Crippen molar-refractivity contribution in [1.29, 1.82) is 10.7 Å². The Balaban J connectivity index is 1.59. The first-order chi connectivity index (χ1) is 15.6. The molecular weight excluding hydrogens is 430 g/mol. The number of likely N-dealkylation sites (tertiary alicyclic amines) is 1. The normalized spacial score (nSPS) is 19.7. The molecule has 2 saturated heterocycles. The minimum atomic E-state index is -0.114. The molecule has 2 unspecified atom stereocenters. The molecule has 10 heteroatoms. The Hall–Kier alpha value is -3.64. The molecule has 0 saturated carbocycles. The Morgan fingerprint density at radius 3 is 2.78 bits per heavy atom. The molecule has 2 aliphatic heterocycles. The van der Waals surface area contributed by atoms with Gasteiger partial charge in [-0.3, -0.25) is 10.2 Å². The van der Waals surface area contributed by atoms with Gasteiger partial charge in [0.2, 0.25) is 0 Å². The fourth-order valence-electron chi connectivity index (χ4n) is 4.43. The molecule has 0 spiro atoms. The lowest BCUT2D eigenvalue weighted by atomic mass is 10.1. The van der Waals surface area contributed by atoms with Crippen LogP contribution in [0.15, 0.2) is 35.6 Å². The summed E-state index contributed by atoms with van der Waals surface area (Å²) in [5.41, 5.74) is 4.19. The number of carbonyl (C=O) groups excluding carboxylic acids is 1. The van der Waals surface area contributed by atoms with Crippen molar-refractivity contribution in [2.24, 2.45) is 5.10 Å². The van der Waals surface area contributed by atoms with Crippen molar-refractivity contribution >= 4 is 41.4 Å². The van der Waals surface area contributed by atoms with Crippen LogP contribution >= 0.6 is 11.6 Å². The number of methoxy groups -OCH3 is 1. The van der Waals surface area contributed by atoms with Gasteiger partial charge in [0.15, 0.2) is 11.6 Å². The summed E-state index contributed by atoms with van der Waals surface area (Å²) in [6, 6.07) is 8.95. The Kier molecular flexibility index (Phi) is 6.23. The lowest BCUT2D eigenvalue weighted by Crippen LogP contribution is -2.55. The van der Waals surface area contributed by atoms with Crippen LogP contribution in [0.2, 0.25) is 5.02 Å². The molecule has 9 nitrogen and oxygen atoms in total. The maximum absolute atomic E-state index is 13.4. The summed E-state index contributed by atoms with van der Waals surface area (Å²) in [4.78, 5) is 21.9. The topological polar surface area (TPSA) is 118 Å². The monoisotopic (exact) mass is 451 g/mol. The summed E-state index contributed by atoms with van der Waals surface area (Å²) in [7, 11) is 1.54. The second-order valence-corrected chi connectivity index (χ2v) is 8.01. The summed E-state index contributed by atoms with van der Waals surface area (Å²) >= 11 is 6.11. The van der Waals surface area contributed by atoms with Crippen molar-refractivity contribution in [3.63, 3.8) is 0 Å². The van der Waals surface area contributed by atoms with E-state index in [-0.39, 0.29) is 18.0 Å². The highest BCUT2D eigenvalue weighted by Gasteiger charge is 2.43. The first kappa shape index (κ1) is 21.6. The minimum absolute atomic E-state index is 0.0766. The van der Waals surface area contributed by atoms with Gasteiger partial charge in [-0.05, 0) is 37.1 Å². The molecule has 0 aliphatic carbocycles. The number of hydrogen-bond donors (Lipinski definition) is 2. The number of nitrogens with one attached hydrogen (secondary N) is 2. The van der Waals surface area contributed by atoms with E-state index in [2.05, 4.69) is 26.5 Å². The van der Waals surface area contributed by atoms with Crippen molar-refractivity contribution < 1.29 is 9.53 Å². The number of piperazine rings is 1. The maximum atomic E-state index is 13.4. The van der Waals surface area contributed by atoms with Gasteiger partial charge >= 0.3 is 0 Å². The zero-order valence-corrected chi connectivity index (χ0v) is 18.2. The molecule has 2 aromatic rings. The van der Waals surface area contributed by atoms with E-state index in [0.29, 0.717) is 46.5 Å². The molecular formula is C22H22ClN7O2. The molecule has 2 N–H and O–H groups in total. The van der Waals surface area contributed by atoms with Gasteiger partial charge < -0.3 is 19.9 Å². The van der Waals surface area contributed by atoms with Crippen LogP contribution in [0.25, 0.3) is 0 Å². The Morgan fingerprint density at radius 2 is 2.12 bits per heavy atom. The molecule has 1 aromatic heterocycles. The lowest BCUT2D eigenvalue weighted by Gasteiger charge is -2.42. The largest absolute Gasteiger partial charge is 0.492 e. The van der Waals surface area contributed by atoms with Gasteiger partial charge in [-0.2, -0.15) is 10.4 Å². The third-order valence-corrected chi connectivity index (χ3v) is 6.01. The van der Waals surface area contributed by atoms with Crippen molar-refractivity contribution in [3.8, 4) is 11.8 Å². The summed E-state index contributed by atoms with van der Waals surface area (Å²) in [6.07, 6.45) is 5.79. The summed E-state index contributed by atoms with van der Waals surface area (Å²) in [5.74, 6) is 1.01. The minimum Gasteiger partial charge on any atom is -0.492 e. The Labute approximate surface area is 190 Å². The van der Waals surface area contributed by atoms with Crippen LogP contribution < -0.4 is 15.1 Å². The highest BCUT2D eigenvalue weighted by atomic mass is 35.5. The van der Waals surface area contributed by atoms with Gasteiger partial charge in [0.05, 0.1) is 30.1 Å². The highest BCUT2D eigenvalue weighted by Crippen LogP contribution is 2.40. The molecule has 3 heterocycles. The SMILES string of the molecule is COc1c(C#N)ccnc1N1C2CCC1CN(C(=O)c1ccc(Cl)cc1N/N=C\C=N)C2. The standard InChI is InChI=1S/C22H22ClN7O2/c1-32-20-14(11-25)6-8-26-21(20)30-16-3-4-17(30)13-29(12-16)22(31)18-5-2-15(23)10-19(18)28-27-9-7-24/h2,5-10,16-17,24,28H,3-4,12-13H2,1H3/b24-7?,27-9-. The number of carbonyl (C=O) groups is 1. The number of amides is 1. The lowest BCUT2D eigenvalue weighted by molar-refractivity contribution is 0.0718. The van der Waals surface area contributed by atoms with Crippen LogP contribution in [-0.4, -0.2) is 60.5 Å². The second kappa shape index (κ2) is 9.24. The smallest absolute Gasteiger partial charge is 0.256 e. The van der Waals surface area contributed by atoms with E-state index in [1.807, 2.05) is 4.90 Å². The van der Waals surface area contributed by atoms with Crippen molar-refractivity contribution in [2.45, 2.75) is 24.9 Å². The van der Waals surface area contributed by atoms with E-state index in [4.69, 9.17) is 21.7 Å². The van der Waals surface area contributed by atoms with Gasteiger partial charge in [-0.1, -0.05) is 11.6 Å². The average Bonchev–Trinajstić information content (AvgIpc) is 3.06. The molecule has 1 aromatic carbocycles. The quantitative estimate of drug-likeness (QED) is 0.514. The number of benzene rings is 1. The molecule has 2 atom stereocenters. The number of hydrazone groups is 1. The summed E-state index contributed by atoms with van der Waals surface area (Å²) < 4.78 is 5.51. The summed E-state index contributed by atoms with van der Waals surface area (Å²) in [6.45, 7) is 1.06. The molecule has 32 heavy (non-hydrogen) atoms. The maximum Gasteiger partial charge on any atom is 0.256 e. The van der Waals surface area contributed by atoms with Crippen LogP contribution in [0, 0.1) is 16.7 Å². The number of nitriles is 1. The third kappa shape index (κ3) is 3.97. The van der Waals surface area contributed by atoms with Crippen molar-refractivity contribution in [1.82, 2.24) is 9.88 Å². The number of aromatic nitrogens is 1. The highest BCUT2D eigenvalue weighted by molar-refractivity contribution is 6.31. The van der Waals surface area contributed by atoms with E-state index in [9.17, 15) is 10.1 Å². The molecule has 2 aliphatic rings. The number of fused-ring (bicyclic) bond motifs is 2. The molecule has 2 bridgehead atoms. The molecule has 1 amide bonds. The number of ether oxygens (including phenoxy) is 1. The number of hydrogen-bond acceptors (Lipinski definition) is 8. The van der Waals surface area contributed by atoms with Gasteiger partial charge in [-0.25, -0.2) is 4.98 Å². The van der Waals surface area contributed by atoms with Crippen LogP contribution in [0.1, 0.15) is 28.8 Å². The fraction of sp³-hybridized carbons (Fsp3) is 0.318. The first-order valence-corrected chi connectivity index (χ1v) is 10.5. The van der Waals surface area contributed by atoms with E-state index in [1.54, 1.807) is 37.6 Å². The molecule has 2 fully saturated rings.